The van der Waals surface area contributed by atoms with E-state index in [9.17, 15) is 22.7 Å². The summed E-state index contributed by atoms with van der Waals surface area (Å²) in [6, 6.07) is 9.80. The molecule has 210 valence electrons. The summed E-state index contributed by atoms with van der Waals surface area (Å²) in [5.41, 5.74) is 0.473. The highest BCUT2D eigenvalue weighted by Gasteiger charge is 2.55. The van der Waals surface area contributed by atoms with Crippen LogP contribution in [0.15, 0.2) is 41.3 Å². The number of anilines is 2. The van der Waals surface area contributed by atoms with Gasteiger partial charge in [-0.1, -0.05) is 6.07 Å². The van der Waals surface area contributed by atoms with Crippen LogP contribution in [0.5, 0.6) is 0 Å². The lowest BCUT2D eigenvalue weighted by Crippen LogP contribution is -2.61. The number of aliphatic hydroxyl groups is 1. The quantitative estimate of drug-likeness (QED) is 0.500. The van der Waals surface area contributed by atoms with Crippen molar-refractivity contribution in [3.8, 4) is 0 Å². The van der Waals surface area contributed by atoms with Crippen LogP contribution in [0.25, 0.3) is 0 Å². The number of halogens is 1. The van der Waals surface area contributed by atoms with Crippen LogP contribution in [0.3, 0.4) is 0 Å². The highest BCUT2D eigenvalue weighted by molar-refractivity contribution is 7.89. The molecule has 39 heavy (non-hydrogen) atoms. The number of hydrogen-bond donors (Lipinski definition) is 3. The SMILES string of the molecule is CNS(=O)(=O)c1ccc(N2CCN(c3cccc(C(=O)NC4C5CC6CC4CC(O)(C6)C5)n3)C(C)C2)cc1F. The van der Waals surface area contributed by atoms with Gasteiger partial charge in [-0.25, -0.2) is 22.5 Å². The first-order chi connectivity index (χ1) is 18.5. The molecule has 7 rings (SSSR count). The van der Waals surface area contributed by atoms with Gasteiger partial charge in [-0.3, -0.25) is 4.79 Å². The molecule has 3 unspecified atom stereocenters. The highest BCUT2D eigenvalue weighted by Crippen LogP contribution is 2.55. The van der Waals surface area contributed by atoms with Gasteiger partial charge >= 0.3 is 0 Å². The Bertz CT molecular complexity index is 1370. The standard InChI is InChI=1S/C28H36FN5O4S/c1-17-16-33(21-6-7-24(22(29)12-21)39(37,38)30-2)8-9-34(17)25-5-3-4-23(31-25)27(35)32-26-19-10-18-11-20(26)15-28(36,13-18)14-19/h3-7,12,17-20,26,30,36H,8-11,13-16H2,1-2H3,(H,32,35). The number of aromatic nitrogens is 1. The maximum absolute atomic E-state index is 14.6. The second-order valence-corrected chi connectivity index (χ2v) is 13.7. The van der Waals surface area contributed by atoms with Gasteiger partial charge in [-0.05, 0) is 94.2 Å². The molecule has 1 aliphatic heterocycles. The molecular weight excluding hydrogens is 521 g/mol. The zero-order valence-corrected chi connectivity index (χ0v) is 23.1. The van der Waals surface area contributed by atoms with Crippen LogP contribution >= 0.6 is 0 Å². The summed E-state index contributed by atoms with van der Waals surface area (Å²) in [6.45, 7) is 3.85. The number of carbonyl (C=O) groups excluding carboxylic acids is 1. The van der Waals surface area contributed by atoms with Crippen molar-refractivity contribution in [2.24, 2.45) is 17.8 Å². The van der Waals surface area contributed by atoms with E-state index < -0.39 is 21.4 Å². The molecule has 4 aliphatic carbocycles. The summed E-state index contributed by atoms with van der Waals surface area (Å²) < 4.78 is 40.8. The maximum atomic E-state index is 14.6. The molecule has 5 fully saturated rings. The topological polar surface area (TPSA) is 115 Å². The van der Waals surface area contributed by atoms with E-state index in [-0.39, 0.29) is 22.9 Å². The van der Waals surface area contributed by atoms with Crippen LogP contribution in [-0.2, 0) is 10.0 Å². The fraction of sp³-hybridized carbons (Fsp3) is 0.571. The van der Waals surface area contributed by atoms with E-state index in [2.05, 4.69) is 21.9 Å². The van der Waals surface area contributed by atoms with Crippen LogP contribution in [0.1, 0.15) is 49.5 Å². The van der Waals surface area contributed by atoms with Crippen molar-refractivity contribution in [1.82, 2.24) is 15.0 Å². The van der Waals surface area contributed by atoms with Crippen molar-refractivity contribution in [3.63, 3.8) is 0 Å². The molecule has 1 saturated heterocycles. The first kappa shape index (κ1) is 26.5. The van der Waals surface area contributed by atoms with Crippen molar-refractivity contribution < 1.29 is 22.7 Å². The predicted molar refractivity (Wildman–Crippen MR) is 146 cm³/mol. The van der Waals surface area contributed by atoms with Crippen LogP contribution in [0.2, 0.25) is 0 Å². The van der Waals surface area contributed by atoms with Gasteiger partial charge < -0.3 is 20.2 Å². The van der Waals surface area contributed by atoms with Crippen LogP contribution < -0.4 is 19.8 Å². The second kappa shape index (κ2) is 9.71. The van der Waals surface area contributed by atoms with Crippen molar-refractivity contribution in [2.45, 2.75) is 61.6 Å². The first-order valence-electron chi connectivity index (χ1n) is 13.8. The predicted octanol–water partition coefficient (Wildman–Crippen LogP) is 2.51. The molecule has 5 aliphatic rings. The minimum Gasteiger partial charge on any atom is -0.390 e. The van der Waals surface area contributed by atoms with E-state index in [1.807, 2.05) is 17.0 Å². The number of nitrogens with zero attached hydrogens (tertiary/aromatic N) is 3. The van der Waals surface area contributed by atoms with Gasteiger partial charge in [-0.15, -0.1) is 0 Å². The maximum Gasteiger partial charge on any atom is 0.270 e. The number of pyridine rings is 1. The molecule has 0 radical (unpaired) electrons. The summed E-state index contributed by atoms with van der Waals surface area (Å²) >= 11 is 0. The lowest BCUT2D eigenvalue weighted by molar-refractivity contribution is -0.136. The molecule has 3 atom stereocenters. The molecule has 1 aromatic heterocycles. The Labute approximate surface area is 228 Å². The number of nitrogens with one attached hydrogen (secondary N) is 2. The lowest BCUT2D eigenvalue weighted by atomic mass is 9.52. The Morgan fingerprint density at radius 1 is 1.13 bits per heavy atom. The van der Waals surface area contributed by atoms with Gasteiger partial charge in [0, 0.05) is 37.4 Å². The Morgan fingerprint density at radius 2 is 1.87 bits per heavy atom. The van der Waals surface area contributed by atoms with Crippen molar-refractivity contribution in [3.05, 3.63) is 47.9 Å². The Balaban J connectivity index is 1.12. The Kier molecular flexibility index (Phi) is 6.59. The average Bonchev–Trinajstić information content (AvgIpc) is 2.89. The summed E-state index contributed by atoms with van der Waals surface area (Å²) in [4.78, 5) is 21.8. The Morgan fingerprint density at radius 3 is 2.51 bits per heavy atom. The highest BCUT2D eigenvalue weighted by atomic mass is 32.2. The van der Waals surface area contributed by atoms with E-state index in [0.717, 1.165) is 37.9 Å². The van der Waals surface area contributed by atoms with Gasteiger partial charge in [-0.2, -0.15) is 0 Å². The lowest BCUT2D eigenvalue weighted by Gasteiger charge is -2.58. The summed E-state index contributed by atoms with van der Waals surface area (Å²) in [7, 11) is -2.61. The Hall–Kier alpha value is -2.76. The zero-order valence-electron chi connectivity index (χ0n) is 22.3. The second-order valence-electron chi connectivity index (χ2n) is 11.9. The third-order valence-corrected chi connectivity index (χ3v) is 10.7. The third-order valence-electron chi connectivity index (χ3n) is 9.27. The van der Waals surface area contributed by atoms with Crippen molar-refractivity contribution in [1.29, 1.82) is 0 Å². The van der Waals surface area contributed by atoms with Gasteiger partial charge in [0.15, 0.2) is 0 Å². The van der Waals surface area contributed by atoms with E-state index in [1.165, 1.54) is 19.2 Å². The number of amides is 1. The van der Waals surface area contributed by atoms with Crippen LogP contribution in [0, 0.1) is 23.6 Å². The molecule has 9 nitrogen and oxygen atoms in total. The number of carbonyl (C=O) groups is 1. The average molecular weight is 558 g/mol. The molecule has 1 aromatic carbocycles. The monoisotopic (exact) mass is 557 g/mol. The number of benzene rings is 1. The fourth-order valence-corrected chi connectivity index (χ4v) is 8.48. The number of rotatable bonds is 6. The normalized spacial score (nSPS) is 31.9. The molecular formula is C28H36FN5O4S. The van der Waals surface area contributed by atoms with Crippen LogP contribution in [-0.4, -0.2) is 68.8 Å². The van der Waals surface area contributed by atoms with Gasteiger partial charge in [0.1, 0.15) is 22.2 Å². The van der Waals surface area contributed by atoms with Crippen molar-refractivity contribution in [2.75, 3.05) is 36.5 Å². The van der Waals surface area contributed by atoms with Gasteiger partial charge in [0.05, 0.1) is 5.60 Å². The van der Waals surface area contributed by atoms with Gasteiger partial charge in [0.25, 0.3) is 5.91 Å². The van der Waals surface area contributed by atoms with Gasteiger partial charge in [0.2, 0.25) is 10.0 Å². The minimum atomic E-state index is -3.86. The third kappa shape index (κ3) is 4.89. The van der Waals surface area contributed by atoms with E-state index in [1.54, 1.807) is 12.1 Å². The molecule has 11 heteroatoms. The molecule has 0 spiro atoms. The number of sulfonamides is 1. The summed E-state index contributed by atoms with van der Waals surface area (Å²) in [5.74, 6) is 1.01. The molecule has 2 heterocycles. The van der Waals surface area contributed by atoms with Crippen molar-refractivity contribution >= 4 is 27.4 Å². The number of hydrogen-bond acceptors (Lipinski definition) is 7. The number of piperazine rings is 1. The van der Waals surface area contributed by atoms with E-state index in [4.69, 9.17) is 4.98 Å². The molecule has 4 saturated carbocycles. The molecule has 2 aromatic rings. The zero-order chi connectivity index (χ0) is 27.5. The molecule has 1 amide bonds. The molecule has 3 N–H and O–H groups in total. The first-order valence-corrected chi connectivity index (χ1v) is 15.3. The fourth-order valence-electron chi connectivity index (χ4n) is 7.70. The largest absolute Gasteiger partial charge is 0.390 e. The van der Waals surface area contributed by atoms with E-state index in [0.29, 0.717) is 48.8 Å². The molecule has 4 bridgehead atoms. The van der Waals surface area contributed by atoms with Crippen LogP contribution in [0.4, 0.5) is 15.9 Å². The smallest absolute Gasteiger partial charge is 0.270 e. The summed E-state index contributed by atoms with van der Waals surface area (Å²) in [5, 5.41) is 14.1. The van der Waals surface area contributed by atoms with E-state index >= 15 is 0 Å². The summed E-state index contributed by atoms with van der Waals surface area (Å²) in [6.07, 6.45) is 4.62. The minimum absolute atomic E-state index is 0.0264.